The lowest BCUT2D eigenvalue weighted by atomic mass is 9.95. The van der Waals surface area contributed by atoms with Crippen molar-refractivity contribution < 1.29 is 0 Å². The second kappa shape index (κ2) is 4.94. The topological polar surface area (TPSA) is 12.0 Å². The lowest BCUT2D eigenvalue weighted by Crippen LogP contribution is -2.32. The normalized spacial score (nSPS) is 20.9. The molecule has 1 aromatic rings. The molecule has 1 fully saturated rings. The molecule has 14 heavy (non-hydrogen) atoms. The third kappa shape index (κ3) is 2.58. The Labute approximate surface area is 90.5 Å². The summed E-state index contributed by atoms with van der Waals surface area (Å²) in [5.41, 5.74) is 0. The Morgan fingerprint density at radius 2 is 2.14 bits per heavy atom. The molecule has 2 heteroatoms. The third-order valence-corrected chi connectivity index (χ3v) is 4.12. The zero-order valence-electron chi connectivity index (χ0n) is 8.83. The predicted octanol–water partition coefficient (Wildman–Crippen LogP) is 3.73. The molecule has 0 aromatic carbocycles. The van der Waals surface area contributed by atoms with E-state index in [9.17, 15) is 0 Å². The van der Waals surface area contributed by atoms with E-state index in [0.29, 0.717) is 6.04 Å². The monoisotopic (exact) mass is 209 g/mol. The summed E-state index contributed by atoms with van der Waals surface area (Å²) in [5, 5.41) is 5.89. The fraction of sp³-hybridized carbons (Fsp3) is 0.667. The van der Waals surface area contributed by atoms with Crippen molar-refractivity contribution >= 4 is 11.3 Å². The van der Waals surface area contributed by atoms with Gasteiger partial charge < -0.3 is 5.32 Å². The van der Waals surface area contributed by atoms with Crippen LogP contribution in [0.1, 0.15) is 49.9 Å². The van der Waals surface area contributed by atoms with E-state index in [0.717, 1.165) is 6.04 Å². The van der Waals surface area contributed by atoms with Crippen LogP contribution in [-0.2, 0) is 0 Å². The van der Waals surface area contributed by atoms with Crippen molar-refractivity contribution in [3.05, 3.63) is 22.4 Å². The van der Waals surface area contributed by atoms with Crippen molar-refractivity contribution in [3.63, 3.8) is 0 Å². The van der Waals surface area contributed by atoms with Crippen molar-refractivity contribution in [2.45, 2.75) is 51.1 Å². The molecule has 1 heterocycles. The first-order chi connectivity index (χ1) is 6.86. The summed E-state index contributed by atoms with van der Waals surface area (Å²) in [4.78, 5) is 1.47. The van der Waals surface area contributed by atoms with Crippen LogP contribution in [-0.4, -0.2) is 6.04 Å². The molecule has 0 radical (unpaired) electrons. The van der Waals surface area contributed by atoms with Crippen LogP contribution in [0.25, 0.3) is 0 Å². The molecule has 0 spiro atoms. The van der Waals surface area contributed by atoms with Gasteiger partial charge in [0.15, 0.2) is 0 Å². The van der Waals surface area contributed by atoms with E-state index in [2.05, 4.69) is 29.8 Å². The van der Waals surface area contributed by atoms with Crippen molar-refractivity contribution in [1.29, 1.82) is 0 Å². The minimum absolute atomic E-state index is 0.540. The molecule has 0 saturated heterocycles. The lowest BCUT2D eigenvalue weighted by Gasteiger charge is -2.26. The zero-order chi connectivity index (χ0) is 9.80. The van der Waals surface area contributed by atoms with E-state index in [-0.39, 0.29) is 0 Å². The Morgan fingerprint density at radius 1 is 1.36 bits per heavy atom. The Morgan fingerprint density at radius 3 is 2.79 bits per heavy atom. The quantitative estimate of drug-likeness (QED) is 0.800. The molecule has 1 N–H and O–H groups in total. The standard InChI is InChI=1S/C12H19NS/c1-10(12-8-5-9-14-12)13-11-6-3-2-4-7-11/h5,8-11,13H,2-4,6-7H2,1H3/t10-/m0/s1. The summed E-state index contributed by atoms with van der Waals surface area (Å²) in [5.74, 6) is 0. The van der Waals surface area contributed by atoms with Gasteiger partial charge in [0.05, 0.1) is 0 Å². The minimum atomic E-state index is 0.540. The molecular formula is C12H19NS. The smallest absolute Gasteiger partial charge is 0.0388 e. The van der Waals surface area contributed by atoms with Gasteiger partial charge in [-0.15, -0.1) is 11.3 Å². The molecule has 1 nitrogen and oxygen atoms in total. The van der Waals surface area contributed by atoms with Gasteiger partial charge in [-0.2, -0.15) is 0 Å². The summed E-state index contributed by atoms with van der Waals surface area (Å²) in [6.45, 7) is 2.28. The Kier molecular flexibility index (Phi) is 3.60. The Balaban J connectivity index is 1.84. The molecule has 1 saturated carbocycles. The van der Waals surface area contributed by atoms with E-state index < -0.39 is 0 Å². The second-order valence-electron chi connectivity index (χ2n) is 4.24. The van der Waals surface area contributed by atoms with Crippen LogP contribution in [0.5, 0.6) is 0 Å². The van der Waals surface area contributed by atoms with Crippen LogP contribution in [0.2, 0.25) is 0 Å². The lowest BCUT2D eigenvalue weighted by molar-refractivity contribution is 0.348. The Hall–Kier alpha value is -0.340. The fourth-order valence-electron chi connectivity index (χ4n) is 2.24. The maximum atomic E-state index is 3.73. The molecule has 1 atom stereocenters. The molecule has 0 amide bonds. The summed E-state index contributed by atoms with van der Waals surface area (Å²) in [6, 6.07) is 5.67. The average Bonchev–Trinajstić information content (AvgIpc) is 2.72. The van der Waals surface area contributed by atoms with Gasteiger partial charge in [0.1, 0.15) is 0 Å². The minimum Gasteiger partial charge on any atom is -0.307 e. The molecule has 0 bridgehead atoms. The van der Waals surface area contributed by atoms with Crippen LogP contribution in [0, 0.1) is 0 Å². The Bertz CT molecular complexity index is 249. The van der Waals surface area contributed by atoms with Crippen molar-refractivity contribution in [1.82, 2.24) is 5.32 Å². The van der Waals surface area contributed by atoms with Gasteiger partial charge >= 0.3 is 0 Å². The van der Waals surface area contributed by atoms with Crippen molar-refractivity contribution in [3.8, 4) is 0 Å². The highest BCUT2D eigenvalue weighted by atomic mass is 32.1. The van der Waals surface area contributed by atoms with E-state index in [1.54, 1.807) is 0 Å². The van der Waals surface area contributed by atoms with Crippen LogP contribution < -0.4 is 5.32 Å². The van der Waals surface area contributed by atoms with Crippen LogP contribution in [0.4, 0.5) is 0 Å². The van der Waals surface area contributed by atoms with Gasteiger partial charge in [-0.05, 0) is 31.2 Å². The molecular weight excluding hydrogens is 190 g/mol. The summed E-state index contributed by atoms with van der Waals surface area (Å²) >= 11 is 1.86. The maximum absolute atomic E-state index is 3.73. The average molecular weight is 209 g/mol. The highest BCUT2D eigenvalue weighted by Crippen LogP contribution is 2.23. The van der Waals surface area contributed by atoms with E-state index in [1.165, 1.54) is 37.0 Å². The maximum Gasteiger partial charge on any atom is 0.0388 e. The molecule has 1 aliphatic carbocycles. The molecule has 0 unspecified atom stereocenters. The first-order valence-corrected chi connectivity index (χ1v) is 6.53. The number of hydrogen-bond donors (Lipinski definition) is 1. The molecule has 0 aliphatic heterocycles. The molecule has 78 valence electrons. The molecule has 1 aliphatic rings. The molecule has 1 aromatic heterocycles. The second-order valence-corrected chi connectivity index (χ2v) is 5.22. The van der Waals surface area contributed by atoms with Crippen molar-refractivity contribution in [2.75, 3.05) is 0 Å². The van der Waals surface area contributed by atoms with Gasteiger partial charge in [-0.25, -0.2) is 0 Å². The summed E-state index contributed by atoms with van der Waals surface area (Å²) < 4.78 is 0. The predicted molar refractivity (Wildman–Crippen MR) is 62.7 cm³/mol. The number of thiophene rings is 1. The fourth-order valence-corrected chi connectivity index (χ4v) is 2.99. The van der Waals surface area contributed by atoms with E-state index >= 15 is 0 Å². The van der Waals surface area contributed by atoms with E-state index in [1.807, 2.05) is 11.3 Å². The zero-order valence-corrected chi connectivity index (χ0v) is 9.65. The molecule has 2 rings (SSSR count). The first kappa shape index (κ1) is 10.2. The van der Waals surface area contributed by atoms with Crippen LogP contribution in [0.15, 0.2) is 17.5 Å². The largest absolute Gasteiger partial charge is 0.307 e. The number of rotatable bonds is 3. The van der Waals surface area contributed by atoms with Gasteiger partial charge in [-0.3, -0.25) is 0 Å². The van der Waals surface area contributed by atoms with Gasteiger partial charge in [0, 0.05) is 17.0 Å². The third-order valence-electron chi connectivity index (χ3n) is 3.06. The van der Waals surface area contributed by atoms with Gasteiger partial charge in [0.25, 0.3) is 0 Å². The van der Waals surface area contributed by atoms with Crippen molar-refractivity contribution in [2.24, 2.45) is 0 Å². The summed E-state index contributed by atoms with van der Waals surface area (Å²) in [6.07, 6.45) is 7.00. The van der Waals surface area contributed by atoms with Crippen LogP contribution in [0.3, 0.4) is 0 Å². The highest BCUT2D eigenvalue weighted by Gasteiger charge is 2.16. The van der Waals surface area contributed by atoms with Gasteiger partial charge in [-0.1, -0.05) is 25.3 Å². The highest BCUT2D eigenvalue weighted by molar-refractivity contribution is 7.10. The summed E-state index contributed by atoms with van der Waals surface area (Å²) in [7, 11) is 0. The van der Waals surface area contributed by atoms with E-state index in [4.69, 9.17) is 0 Å². The SMILES string of the molecule is C[C@H](NC1CCCCC1)c1cccs1. The van der Waals surface area contributed by atoms with Crippen LogP contribution >= 0.6 is 11.3 Å². The van der Waals surface area contributed by atoms with Gasteiger partial charge in [0.2, 0.25) is 0 Å². The number of nitrogens with one attached hydrogen (secondary N) is 1. The first-order valence-electron chi connectivity index (χ1n) is 5.66. The number of hydrogen-bond acceptors (Lipinski definition) is 2.